The Labute approximate surface area is 128 Å². The lowest BCUT2D eigenvalue weighted by Crippen LogP contribution is -2.43. The molecule has 2 rings (SSSR count). The summed E-state index contributed by atoms with van der Waals surface area (Å²) < 4.78 is 8.16. The minimum absolute atomic E-state index is 0.0158. The van der Waals surface area contributed by atoms with Crippen LogP contribution in [-0.2, 0) is 11.3 Å². The first kappa shape index (κ1) is 16.5. The first-order valence-corrected chi connectivity index (χ1v) is 8.41. The molecular formula is C16H30N4O. The zero-order valence-corrected chi connectivity index (χ0v) is 13.4. The molecule has 1 heterocycles. The number of nitrogens with zero attached hydrogens (tertiary/aromatic N) is 2. The van der Waals surface area contributed by atoms with E-state index in [4.69, 9.17) is 10.6 Å². The van der Waals surface area contributed by atoms with Gasteiger partial charge in [0.1, 0.15) is 0 Å². The van der Waals surface area contributed by atoms with Crippen molar-refractivity contribution >= 4 is 0 Å². The predicted octanol–water partition coefficient (Wildman–Crippen LogP) is 2.78. The van der Waals surface area contributed by atoms with Crippen LogP contribution in [0.5, 0.6) is 0 Å². The van der Waals surface area contributed by atoms with E-state index in [1.54, 1.807) is 0 Å². The van der Waals surface area contributed by atoms with Gasteiger partial charge in [-0.25, -0.2) is 5.43 Å². The molecule has 1 aliphatic rings. The van der Waals surface area contributed by atoms with Gasteiger partial charge < -0.3 is 4.74 Å². The van der Waals surface area contributed by atoms with Crippen LogP contribution < -0.4 is 11.3 Å². The molecule has 3 N–H and O–H groups in total. The number of aromatic nitrogens is 2. The van der Waals surface area contributed by atoms with Gasteiger partial charge in [0, 0.05) is 19.3 Å². The van der Waals surface area contributed by atoms with E-state index < -0.39 is 0 Å². The van der Waals surface area contributed by atoms with Crippen LogP contribution in [-0.4, -0.2) is 22.5 Å². The molecule has 2 unspecified atom stereocenters. The monoisotopic (exact) mass is 294 g/mol. The van der Waals surface area contributed by atoms with E-state index in [1.807, 2.05) is 6.20 Å². The largest absolute Gasteiger partial charge is 0.376 e. The number of hydrogen-bond acceptors (Lipinski definition) is 4. The molecule has 1 aromatic heterocycles. The highest BCUT2D eigenvalue weighted by Crippen LogP contribution is 2.34. The second-order valence-corrected chi connectivity index (χ2v) is 5.94. The van der Waals surface area contributed by atoms with Crippen LogP contribution in [0.15, 0.2) is 12.3 Å². The average Bonchev–Trinajstić information content (AvgIpc) is 2.97. The number of rotatable bonds is 8. The molecule has 0 spiro atoms. The summed E-state index contributed by atoms with van der Waals surface area (Å²) in [6.07, 6.45) is 9.50. The van der Waals surface area contributed by atoms with Crippen LogP contribution >= 0.6 is 0 Å². The standard InChI is InChI=1S/C16H30N4O/c1-3-12-20-14(10-11-18-20)15(19-17)16(21-4-2)13-8-6-5-7-9-13/h10-11,13,15-16,19H,3-9,12,17H2,1-2H3. The van der Waals surface area contributed by atoms with Crippen LogP contribution in [0.2, 0.25) is 0 Å². The zero-order valence-electron chi connectivity index (χ0n) is 13.4. The molecule has 5 heteroatoms. The van der Waals surface area contributed by atoms with Crippen molar-refractivity contribution in [3.8, 4) is 0 Å². The third-order valence-electron chi connectivity index (χ3n) is 4.49. The molecule has 120 valence electrons. The molecule has 0 aromatic carbocycles. The maximum absolute atomic E-state index is 6.11. The lowest BCUT2D eigenvalue weighted by Gasteiger charge is -2.35. The fraction of sp³-hybridized carbons (Fsp3) is 0.812. The molecule has 0 amide bonds. The van der Waals surface area contributed by atoms with Gasteiger partial charge in [0.2, 0.25) is 0 Å². The quantitative estimate of drug-likeness (QED) is 0.571. The molecule has 0 saturated heterocycles. The van der Waals surface area contributed by atoms with Crippen molar-refractivity contribution in [2.75, 3.05) is 6.61 Å². The maximum atomic E-state index is 6.11. The van der Waals surface area contributed by atoms with Gasteiger partial charge in [0.05, 0.1) is 17.8 Å². The highest BCUT2D eigenvalue weighted by Gasteiger charge is 2.33. The van der Waals surface area contributed by atoms with Crippen LogP contribution in [0, 0.1) is 5.92 Å². The third-order valence-corrected chi connectivity index (χ3v) is 4.49. The SMILES string of the molecule is CCCn1nccc1C(NN)C(OCC)C1CCCCC1. The van der Waals surface area contributed by atoms with Crippen molar-refractivity contribution in [3.05, 3.63) is 18.0 Å². The van der Waals surface area contributed by atoms with E-state index >= 15 is 0 Å². The van der Waals surface area contributed by atoms with Gasteiger partial charge >= 0.3 is 0 Å². The van der Waals surface area contributed by atoms with E-state index in [1.165, 1.54) is 32.1 Å². The highest BCUT2D eigenvalue weighted by molar-refractivity contribution is 5.10. The second-order valence-electron chi connectivity index (χ2n) is 5.94. The van der Waals surface area contributed by atoms with E-state index in [0.717, 1.165) is 25.3 Å². The lowest BCUT2D eigenvalue weighted by atomic mass is 9.82. The Morgan fingerprint density at radius 1 is 1.38 bits per heavy atom. The fourth-order valence-electron chi connectivity index (χ4n) is 3.51. The highest BCUT2D eigenvalue weighted by atomic mass is 16.5. The Morgan fingerprint density at radius 2 is 2.14 bits per heavy atom. The van der Waals surface area contributed by atoms with Gasteiger partial charge in [0.15, 0.2) is 0 Å². The number of hydrazine groups is 1. The first-order valence-electron chi connectivity index (χ1n) is 8.41. The van der Waals surface area contributed by atoms with E-state index in [-0.39, 0.29) is 12.1 Å². The molecule has 0 bridgehead atoms. The van der Waals surface area contributed by atoms with E-state index in [2.05, 4.69) is 35.1 Å². The summed E-state index contributed by atoms with van der Waals surface area (Å²) in [5.74, 6) is 6.48. The van der Waals surface area contributed by atoms with Crippen LogP contribution in [0.3, 0.4) is 0 Å². The summed E-state index contributed by atoms with van der Waals surface area (Å²) in [7, 11) is 0. The summed E-state index contributed by atoms with van der Waals surface area (Å²) in [5, 5.41) is 4.43. The molecule has 0 aliphatic heterocycles. The van der Waals surface area contributed by atoms with Crippen molar-refractivity contribution in [3.63, 3.8) is 0 Å². The molecule has 1 saturated carbocycles. The third kappa shape index (κ3) is 4.05. The molecule has 2 atom stereocenters. The normalized spacial score (nSPS) is 19.6. The molecule has 1 aromatic rings. The van der Waals surface area contributed by atoms with Gasteiger partial charge in [-0.2, -0.15) is 5.10 Å². The number of aryl methyl sites for hydroxylation is 1. The Hall–Kier alpha value is -0.910. The lowest BCUT2D eigenvalue weighted by molar-refractivity contribution is -0.0202. The molecule has 0 radical (unpaired) electrons. The van der Waals surface area contributed by atoms with Gasteiger partial charge in [-0.15, -0.1) is 0 Å². The van der Waals surface area contributed by atoms with Gasteiger partial charge in [0.25, 0.3) is 0 Å². The minimum atomic E-state index is 0.0158. The maximum Gasteiger partial charge on any atom is 0.0893 e. The molecular weight excluding hydrogens is 264 g/mol. The number of hydrogen-bond donors (Lipinski definition) is 2. The van der Waals surface area contributed by atoms with Crippen molar-refractivity contribution in [1.29, 1.82) is 0 Å². The van der Waals surface area contributed by atoms with Crippen molar-refractivity contribution in [1.82, 2.24) is 15.2 Å². The van der Waals surface area contributed by atoms with Crippen LogP contribution in [0.4, 0.5) is 0 Å². The number of ether oxygens (including phenoxy) is 1. The van der Waals surface area contributed by atoms with E-state index in [9.17, 15) is 0 Å². The Bertz CT molecular complexity index is 401. The summed E-state index contributed by atoms with van der Waals surface area (Å²) in [6, 6.07) is 2.08. The Morgan fingerprint density at radius 3 is 2.76 bits per heavy atom. The molecule has 1 aliphatic carbocycles. The minimum Gasteiger partial charge on any atom is -0.376 e. The number of nitrogens with two attached hydrogens (primary N) is 1. The Balaban J connectivity index is 2.19. The van der Waals surface area contributed by atoms with Crippen LogP contribution in [0.1, 0.15) is 64.1 Å². The average molecular weight is 294 g/mol. The fourth-order valence-corrected chi connectivity index (χ4v) is 3.51. The van der Waals surface area contributed by atoms with Crippen molar-refractivity contribution in [2.45, 2.75) is 71.1 Å². The first-order chi connectivity index (χ1) is 10.3. The summed E-state index contributed by atoms with van der Waals surface area (Å²) in [4.78, 5) is 0. The topological polar surface area (TPSA) is 65.1 Å². The van der Waals surface area contributed by atoms with Gasteiger partial charge in [-0.05, 0) is 38.2 Å². The molecule has 1 fully saturated rings. The predicted molar refractivity (Wildman–Crippen MR) is 84.6 cm³/mol. The van der Waals surface area contributed by atoms with Crippen LogP contribution in [0.25, 0.3) is 0 Å². The summed E-state index contributed by atoms with van der Waals surface area (Å²) >= 11 is 0. The summed E-state index contributed by atoms with van der Waals surface area (Å²) in [6.45, 7) is 5.87. The Kier molecular flexibility index (Phi) is 6.67. The number of nitrogens with one attached hydrogen (secondary N) is 1. The van der Waals surface area contributed by atoms with Gasteiger partial charge in [-0.1, -0.05) is 26.2 Å². The molecule has 5 nitrogen and oxygen atoms in total. The van der Waals surface area contributed by atoms with Crippen molar-refractivity contribution in [2.24, 2.45) is 11.8 Å². The zero-order chi connectivity index (χ0) is 15.1. The second kappa shape index (κ2) is 8.51. The van der Waals surface area contributed by atoms with Gasteiger partial charge in [-0.3, -0.25) is 10.5 Å². The smallest absolute Gasteiger partial charge is 0.0893 e. The summed E-state index contributed by atoms with van der Waals surface area (Å²) in [5.41, 5.74) is 4.14. The van der Waals surface area contributed by atoms with Crippen molar-refractivity contribution < 1.29 is 4.74 Å². The molecule has 21 heavy (non-hydrogen) atoms. The van der Waals surface area contributed by atoms with E-state index in [0.29, 0.717) is 5.92 Å².